The molecule has 0 heterocycles. The Bertz CT molecular complexity index is 509. The minimum Gasteiger partial charge on any atom is -0.330 e. The molecule has 21 heavy (non-hydrogen) atoms. The Morgan fingerprint density at radius 2 is 2.05 bits per heavy atom. The third-order valence-corrected chi connectivity index (χ3v) is 7.02. The van der Waals surface area contributed by atoms with Gasteiger partial charge in [0.05, 0.1) is 20.8 Å². The molecule has 118 valence electrons. The van der Waals surface area contributed by atoms with E-state index in [9.17, 15) is 4.21 Å². The van der Waals surface area contributed by atoms with Gasteiger partial charge < -0.3 is 5.73 Å². The van der Waals surface area contributed by atoms with Crippen molar-refractivity contribution < 1.29 is 4.21 Å². The van der Waals surface area contributed by atoms with Crippen molar-refractivity contribution in [2.75, 3.05) is 6.54 Å². The Balaban J connectivity index is 2.18. The van der Waals surface area contributed by atoms with Crippen molar-refractivity contribution in [3.05, 3.63) is 28.2 Å². The second kappa shape index (κ2) is 7.96. The maximum Gasteiger partial charge on any atom is 0.0604 e. The zero-order valence-corrected chi connectivity index (χ0v) is 14.7. The Morgan fingerprint density at radius 1 is 1.29 bits per heavy atom. The normalized spacial score (nSPS) is 27.5. The van der Waals surface area contributed by atoms with Crippen LogP contribution >= 0.6 is 23.2 Å². The summed E-state index contributed by atoms with van der Waals surface area (Å²) in [5.41, 5.74) is 5.90. The van der Waals surface area contributed by atoms with Crippen LogP contribution in [0.15, 0.2) is 23.1 Å². The number of hydrogen-bond donors (Lipinski definition) is 1. The number of rotatable bonds is 5. The number of nitrogens with two attached hydrogens (primary N) is 1. The Labute approximate surface area is 139 Å². The molecule has 0 saturated heterocycles. The standard InChI is InChI=1S/C16H23Cl2NOS/c1-2-3-11-4-5-12(10-19)16(8-11)21(20)13-6-7-14(17)15(18)9-13/h6-7,9,11-12,16H,2-5,8,10,19H2,1H3. The topological polar surface area (TPSA) is 43.1 Å². The average molecular weight is 348 g/mol. The predicted octanol–water partition coefficient (Wildman–Crippen LogP) is 4.64. The van der Waals surface area contributed by atoms with Crippen LogP contribution in [0.5, 0.6) is 0 Å². The summed E-state index contributed by atoms with van der Waals surface area (Å²) in [6.07, 6.45) is 5.70. The molecule has 1 saturated carbocycles. The highest BCUT2D eigenvalue weighted by molar-refractivity contribution is 7.85. The first-order chi connectivity index (χ1) is 10.1. The van der Waals surface area contributed by atoms with Crippen molar-refractivity contribution in [3.63, 3.8) is 0 Å². The van der Waals surface area contributed by atoms with Gasteiger partial charge in [0.2, 0.25) is 0 Å². The molecule has 4 unspecified atom stereocenters. The van der Waals surface area contributed by atoms with E-state index in [0.29, 0.717) is 28.4 Å². The smallest absolute Gasteiger partial charge is 0.0604 e. The molecule has 1 aromatic carbocycles. The van der Waals surface area contributed by atoms with Crippen LogP contribution in [0.3, 0.4) is 0 Å². The first-order valence-corrected chi connectivity index (χ1v) is 9.59. The molecule has 5 heteroatoms. The summed E-state index contributed by atoms with van der Waals surface area (Å²) in [4.78, 5) is 0.769. The molecule has 0 spiro atoms. The molecule has 0 aliphatic heterocycles. The van der Waals surface area contributed by atoms with E-state index >= 15 is 0 Å². The first-order valence-electron chi connectivity index (χ1n) is 7.62. The van der Waals surface area contributed by atoms with Crippen LogP contribution in [-0.4, -0.2) is 16.0 Å². The first kappa shape index (κ1) is 17.3. The van der Waals surface area contributed by atoms with Gasteiger partial charge in [-0.05, 0) is 49.4 Å². The van der Waals surface area contributed by atoms with Gasteiger partial charge in [-0.15, -0.1) is 0 Å². The van der Waals surface area contributed by atoms with Gasteiger partial charge >= 0.3 is 0 Å². The summed E-state index contributed by atoms with van der Waals surface area (Å²) in [7, 11) is -1.07. The molecule has 0 aromatic heterocycles. The maximum atomic E-state index is 12.9. The molecule has 2 N–H and O–H groups in total. The number of benzene rings is 1. The highest BCUT2D eigenvalue weighted by atomic mass is 35.5. The van der Waals surface area contributed by atoms with Gasteiger partial charge in [0, 0.05) is 10.1 Å². The van der Waals surface area contributed by atoms with E-state index < -0.39 is 10.8 Å². The monoisotopic (exact) mass is 347 g/mol. The van der Waals surface area contributed by atoms with Crippen LogP contribution in [0.2, 0.25) is 10.0 Å². The molecular formula is C16H23Cl2NOS. The maximum absolute atomic E-state index is 12.9. The molecule has 2 rings (SSSR count). The van der Waals surface area contributed by atoms with Crippen LogP contribution in [-0.2, 0) is 10.8 Å². The Morgan fingerprint density at radius 3 is 2.67 bits per heavy atom. The lowest BCUT2D eigenvalue weighted by Gasteiger charge is -2.35. The van der Waals surface area contributed by atoms with E-state index in [-0.39, 0.29) is 5.25 Å². The van der Waals surface area contributed by atoms with Gasteiger partial charge in [-0.25, -0.2) is 0 Å². The van der Waals surface area contributed by atoms with Crippen molar-refractivity contribution >= 4 is 34.0 Å². The third kappa shape index (κ3) is 4.22. The fourth-order valence-corrected chi connectivity index (χ4v) is 5.45. The van der Waals surface area contributed by atoms with Crippen molar-refractivity contribution in [1.29, 1.82) is 0 Å². The minimum atomic E-state index is -1.07. The van der Waals surface area contributed by atoms with Crippen LogP contribution in [0.1, 0.15) is 39.0 Å². The van der Waals surface area contributed by atoms with Gasteiger partial charge in [-0.1, -0.05) is 49.4 Å². The molecule has 1 fully saturated rings. The molecule has 1 aromatic rings. The molecule has 2 nitrogen and oxygen atoms in total. The Hall–Kier alpha value is -0.0900. The molecule has 0 radical (unpaired) electrons. The molecule has 0 bridgehead atoms. The van der Waals surface area contributed by atoms with Gasteiger partial charge in [-0.2, -0.15) is 0 Å². The van der Waals surface area contributed by atoms with Gasteiger partial charge in [-0.3, -0.25) is 4.21 Å². The van der Waals surface area contributed by atoms with E-state index in [1.54, 1.807) is 12.1 Å². The lowest BCUT2D eigenvalue weighted by atomic mass is 9.80. The average Bonchev–Trinajstić information content (AvgIpc) is 2.49. The van der Waals surface area contributed by atoms with E-state index in [2.05, 4.69) is 6.92 Å². The zero-order valence-electron chi connectivity index (χ0n) is 12.4. The van der Waals surface area contributed by atoms with E-state index in [4.69, 9.17) is 28.9 Å². The summed E-state index contributed by atoms with van der Waals surface area (Å²) in [6, 6.07) is 5.28. The minimum absolute atomic E-state index is 0.137. The second-order valence-electron chi connectivity index (χ2n) is 5.88. The van der Waals surface area contributed by atoms with Gasteiger partial charge in [0.25, 0.3) is 0 Å². The van der Waals surface area contributed by atoms with Crippen molar-refractivity contribution in [1.82, 2.24) is 0 Å². The van der Waals surface area contributed by atoms with Crippen LogP contribution < -0.4 is 5.73 Å². The van der Waals surface area contributed by atoms with Crippen molar-refractivity contribution in [2.45, 2.75) is 49.2 Å². The summed E-state index contributed by atoms with van der Waals surface area (Å²) in [5.74, 6) is 1.02. The highest BCUT2D eigenvalue weighted by Crippen LogP contribution is 2.36. The summed E-state index contributed by atoms with van der Waals surface area (Å²) in [5, 5.41) is 1.10. The predicted molar refractivity (Wildman–Crippen MR) is 91.5 cm³/mol. The van der Waals surface area contributed by atoms with E-state index in [1.165, 1.54) is 19.3 Å². The van der Waals surface area contributed by atoms with Crippen LogP contribution in [0, 0.1) is 11.8 Å². The molecule has 0 amide bonds. The fourth-order valence-electron chi connectivity index (χ4n) is 3.25. The molecule has 1 aliphatic rings. The van der Waals surface area contributed by atoms with Gasteiger partial charge in [0.1, 0.15) is 0 Å². The van der Waals surface area contributed by atoms with E-state index in [0.717, 1.165) is 17.7 Å². The second-order valence-corrected chi connectivity index (χ2v) is 8.36. The summed E-state index contributed by atoms with van der Waals surface area (Å²) < 4.78 is 12.9. The number of hydrogen-bond acceptors (Lipinski definition) is 2. The van der Waals surface area contributed by atoms with Crippen molar-refractivity contribution in [2.24, 2.45) is 17.6 Å². The fraction of sp³-hybridized carbons (Fsp3) is 0.625. The Kier molecular flexibility index (Phi) is 6.54. The third-order valence-electron chi connectivity index (χ3n) is 4.44. The van der Waals surface area contributed by atoms with Gasteiger partial charge in [0.15, 0.2) is 0 Å². The molecule has 1 aliphatic carbocycles. The van der Waals surface area contributed by atoms with E-state index in [1.807, 2.05) is 6.07 Å². The summed E-state index contributed by atoms with van der Waals surface area (Å²) >= 11 is 12.0. The SMILES string of the molecule is CCCC1CCC(CN)C(S(=O)c2ccc(Cl)c(Cl)c2)C1. The lowest BCUT2D eigenvalue weighted by Crippen LogP contribution is -2.37. The largest absolute Gasteiger partial charge is 0.330 e. The van der Waals surface area contributed by atoms with Crippen molar-refractivity contribution in [3.8, 4) is 0 Å². The highest BCUT2D eigenvalue weighted by Gasteiger charge is 2.34. The molecular weight excluding hydrogens is 325 g/mol. The van der Waals surface area contributed by atoms with Crippen LogP contribution in [0.25, 0.3) is 0 Å². The summed E-state index contributed by atoms with van der Waals surface area (Å²) in [6.45, 7) is 2.82. The zero-order chi connectivity index (χ0) is 15.4. The molecule has 4 atom stereocenters. The lowest BCUT2D eigenvalue weighted by molar-refractivity contribution is 0.272. The number of halogens is 2. The van der Waals surface area contributed by atoms with Crippen LogP contribution in [0.4, 0.5) is 0 Å². The quantitative estimate of drug-likeness (QED) is 0.842.